The summed E-state index contributed by atoms with van der Waals surface area (Å²) < 4.78 is 5.39. The Hall–Kier alpha value is -0.900. The summed E-state index contributed by atoms with van der Waals surface area (Å²) in [5.41, 5.74) is 7.58. The molecule has 0 aliphatic carbocycles. The Morgan fingerprint density at radius 3 is 2.76 bits per heavy atom. The molecule has 3 heteroatoms. The third-order valence-electron chi connectivity index (χ3n) is 3.42. The number of hydrogen-bond acceptors (Lipinski definition) is 3. The fourth-order valence-corrected chi connectivity index (χ4v) is 2.49. The van der Waals surface area contributed by atoms with E-state index in [1.165, 1.54) is 5.56 Å². The highest BCUT2D eigenvalue weighted by Gasteiger charge is 2.30. The lowest BCUT2D eigenvalue weighted by atomic mass is 9.95. The fraction of sp³-hybridized carbons (Fsp3) is 0.571. The average molecular weight is 234 g/mol. The lowest BCUT2D eigenvalue weighted by Gasteiger charge is -2.15. The fourth-order valence-electron chi connectivity index (χ4n) is 2.49. The summed E-state index contributed by atoms with van der Waals surface area (Å²) >= 11 is 0. The van der Waals surface area contributed by atoms with Gasteiger partial charge in [-0.15, -0.1) is 0 Å². The van der Waals surface area contributed by atoms with Crippen molar-refractivity contribution < 1.29 is 4.74 Å². The molecule has 1 aliphatic rings. The minimum absolute atomic E-state index is 0.249. The Bertz CT molecular complexity index is 328. The Balaban J connectivity index is 1.89. The molecular weight excluding hydrogens is 212 g/mol. The van der Waals surface area contributed by atoms with E-state index in [2.05, 4.69) is 35.2 Å². The first-order chi connectivity index (χ1) is 8.31. The van der Waals surface area contributed by atoms with Crippen molar-refractivity contribution in [2.24, 2.45) is 5.73 Å². The van der Waals surface area contributed by atoms with Crippen molar-refractivity contribution in [3.63, 3.8) is 0 Å². The maximum atomic E-state index is 6.22. The van der Waals surface area contributed by atoms with Gasteiger partial charge in [-0.2, -0.15) is 0 Å². The van der Waals surface area contributed by atoms with Gasteiger partial charge in [-0.25, -0.2) is 0 Å². The Labute approximate surface area is 104 Å². The molecule has 0 aromatic heterocycles. The van der Waals surface area contributed by atoms with Gasteiger partial charge in [0.2, 0.25) is 0 Å². The minimum atomic E-state index is 0.249. The van der Waals surface area contributed by atoms with Crippen LogP contribution < -0.4 is 5.73 Å². The van der Waals surface area contributed by atoms with Gasteiger partial charge in [0.1, 0.15) is 0 Å². The molecule has 2 atom stereocenters. The molecule has 1 aromatic rings. The number of benzene rings is 1. The largest absolute Gasteiger partial charge is 0.380 e. The lowest BCUT2D eigenvalue weighted by Crippen LogP contribution is -2.30. The molecule has 17 heavy (non-hydrogen) atoms. The zero-order chi connectivity index (χ0) is 12.1. The van der Waals surface area contributed by atoms with Crippen LogP contribution in [-0.4, -0.2) is 43.8 Å². The molecule has 0 spiro atoms. The summed E-state index contributed by atoms with van der Waals surface area (Å²) in [6.45, 7) is 6.66. The molecule has 0 amide bonds. The number of nitrogens with zero attached hydrogens (tertiary/aromatic N) is 1. The van der Waals surface area contributed by atoms with E-state index in [0.29, 0.717) is 5.92 Å². The van der Waals surface area contributed by atoms with Gasteiger partial charge in [-0.05, 0) is 12.5 Å². The topological polar surface area (TPSA) is 38.5 Å². The highest BCUT2D eigenvalue weighted by atomic mass is 16.5. The summed E-state index contributed by atoms with van der Waals surface area (Å²) in [6, 6.07) is 10.8. The monoisotopic (exact) mass is 234 g/mol. The first-order valence-corrected chi connectivity index (χ1v) is 6.42. The standard InChI is InChI=1S/C14H22N2O/c1-2-17-9-8-16-10-13(14(15)11-16)12-6-4-3-5-7-12/h3-7,13-14H,2,8-11,15H2,1H3/t13-,14+/m0/s1. The molecule has 3 nitrogen and oxygen atoms in total. The molecule has 0 bridgehead atoms. The normalized spacial score (nSPS) is 25.3. The quantitative estimate of drug-likeness (QED) is 0.784. The van der Waals surface area contributed by atoms with E-state index in [4.69, 9.17) is 10.5 Å². The van der Waals surface area contributed by atoms with Crippen LogP contribution in [0.2, 0.25) is 0 Å². The number of rotatable bonds is 5. The second kappa shape index (κ2) is 6.15. The van der Waals surface area contributed by atoms with Crippen LogP contribution in [0, 0.1) is 0 Å². The van der Waals surface area contributed by atoms with Crippen molar-refractivity contribution in [1.82, 2.24) is 4.90 Å². The van der Waals surface area contributed by atoms with Crippen molar-refractivity contribution in [1.29, 1.82) is 0 Å². The maximum Gasteiger partial charge on any atom is 0.0593 e. The molecule has 0 saturated carbocycles. The van der Waals surface area contributed by atoms with E-state index in [9.17, 15) is 0 Å². The van der Waals surface area contributed by atoms with Crippen LogP contribution in [0.15, 0.2) is 30.3 Å². The highest BCUT2D eigenvalue weighted by molar-refractivity contribution is 5.23. The van der Waals surface area contributed by atoms with Crippen LogP contribution in [0.1, 0.15) is 18.4 Å². The highest BCUT2D eigenvalue weighted by Crippen LogP contribution is 2.25. The molecule has 94 valence electrons. The van der Waals surface area contributed by atoms with E-state index in [-0.39, 0.29) is 6.04 Å². The number of ether oxygens (including phenoxy) is 1. The van der Waals surface area contributed by atoms with Crippen LogP contribution in [-0.2, 0) is 4.74 Å². The Morgan fingerprint density at radius 2 is 2.06 bits per heavy atom. The van der Waals surface area contributed by atoms with E-state index < -0.39 is 0 Å². The number of nitrogens with two attached hydrogens (primary N) is 1. The van der Waals surface area contributed by atoms with E-state index in [0.717, 1.165) is 32.8 Å². The van der Waals surface area contributed by atoms with Gasteiger partial charge in [0.05, 0.1) is 6.61 Å². The van der Waals surface area contributed by atoms with Crippen LogP contribution in [0.5, 0.6) is 0 Å². The summed E-state index contributed by atoms with van der Waals surface area (Å²) in [7, 11) is 0. The smallest absolute Gasteiger partial charge is 0.0593 e. The molecule has 1 aromatic carbocycles. The molecular formula is C14H22N2O. The van der Waals surface area contributed by atoms with E-state index >= 15 is 0 Å². The number of hydrogen-bond donors (Lipinski definition) is 1. The van der Waals surface area contributed by atoms with Gasteiger partial charge >= 0.3 is 0 Å². The molecule has 2 N–H and O–H groups in total. The van der Waals surface area contributed by atoms with E-state index in [1.807, 2.05) is 6.92 Å². The molecule has 1 aliphatic heterocycles. The molecule has 1 heterocycles. The van der Waals surface area contributed by atoms with Crippen molar-refractivity contribution in [3.05, 3.63) is 35.9 Å². The first kappa shape index (κ1) is 12.6. The van der Waals surface area contributed by atoms with Crippen molar-refractivity contribution >= 4 is 0 Å². The second-order valence-corrected chi connectivity index (χ2v) is 4.64. The second-order valence-electron chi connectivity index (χ2n) is 4.64. The molecule has 0 unspecified atom stereocenters. The van der Waals surface area contributed by atoms with Gasteiger partial charge in [0.15, 0.2) is 0 Å². The van der Waals surface area contributed by atoms with Crippen LogP contribution in [0.25, 0.3) is 0 Å². The average Bonchev–Trinajstić information content (AvgIpc) is 2.72. The van der Waals surface area contributed by atoms with Gasteiger partial charge < -0.3 is 10.5 Å². The summed E-state index contributed by atoms with van der Waals surface area (Å²) in [4.78, 5) is 2.40. The van der Waals surface area contributed by atoms with Crippen LogP contribution in [0.4, 0.5) is 0 Å². The van der Waals surface area contributed by atoms with Crippen molar-refractivity contribution in [2.75, 3.05) is 32.8 Å². The van der Waals surface area contributed by atoms with Gasteiger partial charge in [-0.1, -0.05) is 30.3 Å². The maximum absolute atomic E-state index is 6.22. The lowest BCUT2D eigenvalue weighted by molar-refractivity contribution is 0.121. The van der Waals surface area contributed by atoms with Gasteiger partial charge in [0.25, 0.3) is 0 Å². The molecule has 1 saturated heterocycles. The zero-order valence-electron chi connectivity index (χ0n) is 10.5. The third kappa shape index (κ3) is 3.28. The minimum Gasteiger partial charge on any atom is -0.380 e. The zero-order valence-corrected chi connectivity index (χ0v) is 10.5. The Kier molecular flexibility index (Phi) is 4.54. The van der Waals surface area contributed by atoms with Crippen molar-refractivity contribution in [2.45, 2.75) is 18.9 Å². The predicted molar refractivity (Wildman–Crippen MR) is 70.1 cm³/mol. The van der Waals surface area contributed by atoms with Crippen LogP contribution >= 0.6 is 0 Å². The molecule has 1 fully saturated rings. The summed E-state index contributed by atoms with van der Waals surface area (Å²) in [5.74, 6) is 0.470. The summed E-state index contributed by atoms with van der Waals surface area (Å²) in [6.07, 6.45) is 0. The Morgan fingerprint density at radius 1 is 1.29 bits per heavy atom. The SMILES string of the molecule is CCOCCN1C[C@@H](N)[C@H](c2ccccc2)C1. The van der Waals surface area contributed by atoms with Crippen molar-refractivity contribution in [3.8, 4) is 0 Å². The van der Waals surface area contributed by atoms with Gasteiger partial charge in [-0.3, -0.25) is 4.90 Å². The molecule has 0 radical (unpaired) electrons. The predicted octanol–water partition coefficient (Wildman–Crippen LogP) is 1.45. The summed E-state index contributed by atoms with van der Waals surface area (Å²) in [5, 5.41) is 0. The number of likely N-dealkylation sites (tertiary alicyclic amines) is 1. The van der Waals surface area contributed by atoms with E-state index in [1.54, 1.807) is 0 Å². The molecule has 2 rings (SSSR count). The first-order valence-electron chi connectivity index (χ1n) is 6.42. The van der Waals surface area contributed by atoms with Gasteiger partial charge in [0, 0.05) is 38.2 Å². The third-order valence-corrected chi connectivity index (χ3v) is 3.42. The van der Waals surface area contributed by atoms with Crippen LogP contribution in [0.3, 0.4) is 0 Å².